The largest absolute Gasteiger partial charge is 0.444 e. The van der Waals surface area contributed by atoms with Crippen molar-refractivity contribution in [2.45, 2.75) is 33.3 Å². The van der Waals surface area contributed by atoms with Crippen molar-refractivity contribution in [3.05, 3.63) is 72.4 Å². The van der Waals surface area contributed by atoms with Gasteiger partial charge < -0.3 is 19.9 Å². The zero-order valence-electron chi connectivity index (χ0n) is 23.3. The van der Waals surface area contributed by atoms with E-state index in [9.17, 15) is 4.79 Å². The molecule has 1 aliphatic heterocycles. The zero-order valence-corrected chi connectivity index (χ0v) is 23.3. The molecule has 1 aromatic heterocycles. The van der Waals surface area contributed by atoms with E-state index in [-0.39, 0.29) is 0 Å². The quantitative estimate of drug-likeness (QED) is 0.311. The molecule has 8 heteroatoms. The Hall–Kier alpha value is -4.17. The van der Waals surface area contributed by atoms with E-state index in [2.05, 4.69) is 57.6 Å². The number of fused-ring (bicyclic) bond motifs is 1. The van der Waals surface area contributed by atoms with Gasteiger partial charge in [-0.1, -0.05) is 30.3 Å². The van der Waals surface area contributed by atoms with Crippen molar-refractivity contribution in [1.82, 2.24) is 14.9 Å². The lowest BCUT2D eigenvalue weighted by Crippen LogP contribution is -2.44. The van der Waals surface area contributed by atoms with E-state index in [0.717, 1.165) is 53.9 Å². The second-order valence-electron chi connectivity index (χ2n) is 11.1. The van der Waals surface area contributed by atoms with Gasteiger partial charge in [0, 0.05) is 60.4 Å². The third-order valence-electron chi connectivity index (χ3n) is 6.75. The lowest BCUT2D eigenvalue weighted by molar-refractivity contribution is 0.0636. The normalized spacial score (nSPS) is 14.3. The molecule has 2 N–H and O–H groups in total. The molecule has 3 aromatic carbocycles. The molecule has 0 atom stereocenters. The molecule has 1 saturated heterocycles. The fraction of sp³-hybridized carbons (Fsp3) is 0.323. The lowest BCUT2D eigenvalue weighted by Gasteiger charge is -2.35. The number of piperazine rings is 1. The summed E-state index contributed by atoms with van der Waals surface area (Å²) in [5.74, 6) is 0.546. The number of aromatic nitrogens is 2. The monoisotopic (exact) mass is 524 g/mol. The summed E-state index contributed by atoms with van der Waals surface area (Å²) in [6, 6.07) is 20.2. The van der Waals surface area contributed by atoms with Gasteiger partial charge >= 0.3 is 6.09 Å². The summed E-state index contributed by atoms with van der Waals surface area (Å²) >= 11 is 0. The Morgan fingerprint density at radius 3 is 2.36 bits per heavy atom. The maximum Gasteiger partial charge on any atom is 0.412 e. The first-order chi connectivity index (χ1) is 18.6. The number of carbonyl (C=O) groups excluding carboxylic acids is 1. The van der Waals surface area contributed by atoms with E-state index in [1.54, 1.807) is 0 Å². The Labute approximate surface area is 230 Å². The number of para-hydroxylation sites is 1. The maximum atomic E-state index is 12.1. The topological polar surface area (TPSA) is 82.6 Å². The first-order valence-electron chi connectivity index (χ1n) is 13.3. The second-order valence-corrected chi connectivity index (χ2v) is 11.1. The minimum absolute atomic E-state index is 0.476. The van der Waals surface area contributed by atoms with Crippen LogP contribution in [0, 0.1) is 6.92 Å². The molecule has 0 unspecified atom stereocenters. The summed E-state index contributed by atoms with van der Waals surface area (Å²) in [5, 5.41) is 7.13. The molecule has 5 rings (SSSR count). The fourth-order valence-corrected chi connectivity index (χ4v) is 4.77. The number of likely N-dealkylation sites (N-methyl/N-ethyl adjacent to an activating group) is 1. The molecule has 0 spiro atoms. The average molecular weight is 525 g/mol. The van der Waals surface area contributed by atoms with E-state index in [4.69, 9.17) is 9.72 Å². The molecule has 0 bridgehead atoms. The first-order valence-corrected chi connectivity index (χ1v) is 13.3. The molecule has 1 fully saturated rings. The highest BCUT2D eigenvalue weighted by atomic mass is 16.6. The van der Waals surface area contributed by atoms with E-state index in [1.807, 2.05) is 69.4 Å². The Morgan fingerprint density at radius 2 is 1.67 bits per heavy atom. The van der Waals surface area contributed by atoms with E-state index < -0.39 is 11.7 Å². The van der Waals surface area contributed by atoms with Crippen LogP contribution in [0.4, 0.5) is 27.8 Å². The van der Waals surface area contributed by atoms with Crippen LogP contribution in [-0.4, -0.2) is 59.8 Å². The zero-order chi connectivity index (χ0) is 27.6. The Balaban J connectivity index is 1.34. The van der Waals surface area contributed by atoms with Gasteiger partial charge in [-0.05, 0) is 76.2 Å². The van der Waals surface area contributed by atoms with Crippen LogP contribution in [-0.2, 0) is 4.74 Å². The molecule has 1 amide bonds. The fourth-order valence-electron chi connectivity index (χ4n) is 4.77. The molecule has 0 aliphatic carbocycles. The first kappa shape index (κ1) is 26.4. The van der Waals surface area contributed by atoms with Crippen molar-refractivity contribution in [2.75, 3.05) is 48.8 Å². The lowest BCUT2D eigenvalue weighted by atomic mass is 10.0. The van der Waals surface area contributed by atoms with E-state index in [1.165, 1.54) is 11.3 Å². The van der Waals surface area contributed by atoms with E-state index >= 15 is 0 Å². The number of rotatable bonds is 5. The molecular formula is C31H36N6O2. The Kier molecular flexibility index (Phi) is 7.39. The molecule has 8 nitrogen and oxygen atoms in total. The van der Waals surface area contributed by atoms with Gasteiger partial charge in [0.05, 0.1) is 5.52 Å². The summed E-state index contributed by atoms with van der Waals surface area (Å²) in [6.07, 6.45) is 1.37. The molecule has 202 valence electrons. The van der Waals surface area contributed by atoms with Gasteiger partial charge in [-0.3, -0.25) is 5.32 Å². The van der Waals surface area contributed by atoms with Gasteiger partial charge in [-0.15, -0.1) is 0 Å². The molecule has 0 saturated carbocycles. The van der Waals surface area contributed by atoms with Gasteiger partial charge in [-0.2, -0.15) is 0 Å². The number of benzene rings is 3. The van der Waals surface area contributed by atoms with Crippen LogP contribution in [0.15, 0.2) is 66.9 Å². The van der Waals surface area contributed by atoms with Crippen molar-refractivity contribution in [3.8, 4) is 11.1 Å². The minimum atomic E-state index is -0.552. The summed E-state index contributed by atoms with van der Waals surface area (Å²) in [5.41, 5.74) is 6.42. The van der Waals surface area contributed by atoms with Crippen LogP contribution in [0.2, 0.25) is 0 Å². The van der Waals surface area contributed by atoms with E-state index in [0.29, 0.717) is 11.6 Å². The minimum Gasteiger partial charge on any atom is -0.444 e. The van der Waals surface area contributed by atoms with Crippen LogP contribution >= 0.6 is 0 Å². The number of nitrogens with one attached hydrogen (secondary N) is 2. The van der Waals surface area contributed by atoms with Crippen molar-refractivity contribution in [2.24, 2.45) is 0 Å². The summed E-state index contributed by atoms with van der Waals surface area (Å²) < 4.78 is 5.35. The third kappa shape index (κ3) is 6.46. The van der Waals surface area contributed by atoms with Crippen LogP contribution in [0.5, 0.6) is 0 Å². The molecule has 4 aromatic rings. The predicted octanol–water partition coefficient (Wildman–Crippen LogP) is 6.45. The van der Waals surface area contributed by atoms with Gasteiger partial charge in [0.15, 0.2) is 0 Å². The van der Waals surface area contributed by atoms with Crippen LogP contribution in [0.3, 0.4) is 0 Å². The number of amides is 1. The van der Waals surface area contributed by atoms with Crippen LogP contribution in [0.25, 0.3) is 22.0 Å². The van der Waals surface area contributed by atoms with Crippen molar-refractivity contribution < 1.29 is 9.53 Å². The summed E-state index contributed by atoms with van der Waals surface area (Å²) in [4.78, 5) is 26.4. The van der Waals surface area contributed by atoms with Gasteiger partial charge in [0.1, 0.15) is 5.60 Å². The highest BCUT2D eigenvalue weighted by Gasteiger charge is 2.17. The second kappa shape index (κ2) is 10.9. The molecule has 1 aliphatic rings. The SMILES string of the molecule is Cc1cc(Nc2ncc3cccc(-c4ccc(NC(=O)OC(C)(C)C)cc4)c3n2)ccc1N1CCN(C)CC1. The number of nitrogens with zero attached hydrogens (tertiary/aromatic N) is 4. The van der Waals surface area contributed by atoms with Crippen molar-refractivity contribution in [1.29, 1.82) is 0 Å². The number of anilines is 4. The molecule has 39 heavy (non-hydrogen) atoms. The van der Waals surface area contributed by atoms with Gasteiger partial charge in [0.2, 0.25) is 5.95 Å². The summed E-state index contributed by atoms with van der Waals surface area (Å²) in [7, 11) is 2.17. The average Bonchev–Trinajstić information content (AvgIpc) is 2.88. The number of hydrogen-bond donors (Lipinski definition) is 2. The number of aryl methyl sites for hydroxylation is 1. The summed E-state index contributed by atoms with van der Waals surface area (Å²) in [6.45, 7) is 11.9. The van der Waals surface area contributed by atoms with Gasteiger partial charge in [0.25, 0.3) is 0 Å². The predicted molar refractivity (Wildman–Crippen MR) is 159 cm³/mol. The van der Waals surface area contributed by atoms with Crippen LogP contribution < -0.4 is 15.5 Å². The Bertz CT molecular complexity index is 1470. The molecule has 2 heterocycles. The number of ether oxygens (including phenoxy) is 1. The highest BCUT2D eigenvalue weighted by Crippen LogP contribution is 2.30. The highest BCUT2D eigenvalue weighted by molar-refractivity contribution is 5.94. The van der Waals surface area contributed by atoms with Crippen LogP contribution in [0.1, 0.15) is 26.3 Å². The number of hydrogen-bond acceptors (Lipinski definition) is 7. The Morgan fingerprint density at radius 1 is 0.949 bits per heavy atom. The molecular weight excluding hydrogens is 488 g/mol. The smallest absolute Gasteiger partial charge is 0.412 e. The standard InChI is InChI=1S/C31H36N6O2/c1-21-19-25(13-14-27(21)37-17-15-36(5)16-18-37)33-29-32-20-23-7-6-8-26(28(23)35-29)22-9-11-24(12-10-22)34-30(38)39-31(2,3)4/h6-14,19-20H,15-18H2,1-5H3,(H,34,38)(H,32,33,35). The van der Waals surface area contributed by atoms with Crippen molar-refractivity contribution in [3.63, 3.8) is 0 Å². The third-order valence-corrected chi connectivity index (χ3v) is 6.75. The maximum absolute atomic E-state index is 12.1. The van der Waals surface area contributed by atoms with Crippen molar-refractivity contribution >= 4 is 40.0 Å². The molecule has 0 radical (unpaired) electrons. The number of carbonyl (C=O) groups is 1. The van der Waals surface area contributed by atoms with Gasteiger partial charge in [-0.25, -0.2) is 14.8 Å².